The zero-order chi connectivity index (χ0) is 12.4. The molecule has 0 aliphatic heterocycles. The van der Waals surface area contributed by atoms with E-state index in [-0.39, 0.29) is 5.75 Å². The molecule has 0 unspecified atom stereocenters. The molecule has 4 nitrogen and oxygen atoms in total. The van der Waals surface area contributed by atoms with E-state index in [1.807, 2.05) is 14.0 Å². The number of aryl methyl sites for hydroxylation is 2. The number of rotatable bonds is 3. The number of hydrogen-bond donors (Lipinski definition) is 1. The van der Waals surface area contributed by atoms with Crippen molar-refractivity contribution in [3.05, 3.63) is 40.7 Å². The van der Waals surface area contributed by atoms with Crippen LogP contribution in [-0.2, 0) is 13.7 Å². The first-order chi connectivity index (χ1) is 8.08. The minimum Gasteiger partial charge on any atom is -0.508 e. The van der Waals surface area contributed by atoms with Crippen LogP contribution < -0.4 is 4.74 Å². The molecule has 0 saturated heterocycles. The fourth-order valence-electron chi connectivity index (χ4n) is 1.56. The van der Waals surface area contributed by atoms with Crippen LogP contribution in [-0.4, -0.2) is 14.9 Å². The monoisotopic (exact) mass is 252 g/mol. The van der Waals surface area contributed by atoms with E-state index in [9.17, 15) is 5.11 Å². The molecule has 1 N–H and O–H groups in total. The zero-order valence-corrected chi connectivity index (χ0v) is 10.4. The summed E-state index contributed by atoms with van der Waals surface area (Å²) in [6.45, 7) is 2.17. The Labute approximate surface area is 104 Å². The van der Waals surface area contributed by atoms with E-state index in [0.29, 0.717) is 17.4 Å². The Balaban J connectivity index is 2.12. The number of ether oxygens (including phenoxy) is 1. The van der Waals surface area contributed by atoms with Crippen molar-refractivity contribution in [3.63, 3.8) is 0 Å². The number of aromatic hydroxyl groups is 1. The summed E-state index contributed by atoms with van der Waals surface area (Å²) in [5, 5.41) is 14.1. The molecule has 0 amide bonds. The Morgan fingerprint density at radius 1 is 1.47 bits per heavy atom. The van der Waals surface area contributed by atoms with Crippen LogP contribution in [0.1, 0.15) is 11.4 Å². The van der Waals surface area contributed by atoms with Gasteiger partial charge in [-0.15, -0.1) is 0 Å². The summed E-state index contributed by atoms with van der Waals surface area (Å²) in [5.41, 5.74) is 1.59. The number of nitrogens with zero attached hydrogens (tertiary/aromatic N) is 2. The molecule has 0 saturated carbocycles. The average Bonchev–Trinajstić information content (AvgIpc) is 2.51. The zero-order valence-electron chi connectivity index (χ0n) is 9.64. The van der Waals surface area contributed by atoms with Gasteiger partial charge in [-0.05, 0) is 19.1 Å². The van der Waals surface area contributed by atoms with E-state index in [0.717, 1.165) is 11.4 Å². The van der Waals surface area contributed by atoms with E-state index >= 15 is 0 Å². The largest absolute Gasteiger partial charge is 0.508 e. The number of hydrogen-bond acceptors (Lipinski definition) is 3. The first kappa shape index (κ1) is 11.8. The van der Waals surface area contributed by atoms with Crippen LogP contribution >= 0.6 is 11.6 Å². The molecule has 0 spiro atoms. The Morgan fingerprint density at radius 3 is 2.82 bits per heavy atom. The molecular weight excluding hydrogens is 240 g/mol. The molecule has 0 bridgehead atoms. The van der Waals surface area contributed by atoms with E-state index in [1.54, 1.807) is 28.9 Å². The molecule has 90 valence electrons. The average molecular weight is 253 g/mol. The van der Waals surface area contributed by atoms with Crippen LogP contribution in [0.2, 0.25) is 5.02 Å². The van der Waals surface area contributed by atoms with Gasteiger partial charge in [-0.2, -0.15) is 5.10 Å². The maximum absolute atomic E-state index is 9.30. The lowest BCUT2D eigenvalue weighted by molar-refractivity contribution is 0.293. The summed E-state index contributed by atoms with van der Waals surface area (Å²) >= 11 is 6.10. The highest BCUT2D eigenvalue weighted by Gasteiger charge is 2.11. The van der Waals surface area contributed by atoms with Crippen LogP contribution in [0.25, 0.3) is 0 Å². The maximum atomic E-state index is 9.30. The molecule has 1 aromatic carbocycles. The number of phenolic OH excluding ortho intramolecular Hbond substituents is 1. The third kappa shape index (κ3) is 2.53. The van der Waals surface area contributed by atoms with Gasteiger partial charge in [0.25, 0.3) is 0 Å². The summed E-state index contributed by atoms with van der Waals surface area (Å²) in [7, 11) is 1.82. The van der Waals surface area contributed by atoms with Gasteiger partial charge >= 0.3 is 0 Å². The lowest BCUT2D eigenvalue weighted by atomic mass is 10.3. The second kappa shape index (κ2) is 4.67. The number of halogens is 1. The van der Waals surface area contributed by atoms with Crippen molar-refractivity contribution >= 4 is 11.6 Å². The van der Waals surface area contributed by atoms with Crippen LogP contribution in [0.3, 0.4) is 0 Å². The lowest BCUT2D eigenvalue weighted by Crippen LogP contribution is -2.03. The highest BCUT2D eigenvalue weighted by atomic mass is 35.5. The predicted octanol–water partition coefficient (Wildman–Crippen LogP) is 2.67. The van der Waals surface area contributed by atoms with E-state index in [2.05, 4.69) is 5.10 Å². The summed E-state index contributed by atoms with van der Waals surface area (Å²) in [5.74, 6) is 0.773. The summed E-state index contributed by atoms with van der Waals surface area (Å²) in [4.78, 5) is 0. The standard InChI is InChI=1S/C12H13ClN2O2/c1-8-12(13)11(15(2)14-8)7-17-10-5-3-4-9(16)6-10/h3-6,16H,7H2,1-2H3. The normalized spacial score (nSPS) is 10.5. The topological polar surface area (TPSA) is 47.3 Å². The molecule has 2 rings (SSSR count). The van der Waals surface area contributed by atoms with Crippen molar-refractivity contribution in [1.82, 2.24) is 9.78 Å². The molecule has 0 radical (unpaired) electrons. The van der Waals surface area contributed by atoms with Crippen molar-refractivity contribution in [2.75, 3.05) is 0 Å². The molecule has 1 aromatic heterocycles. The van der Waals surface area contributed by atoms with Crippen LogP contribution in [0.15, 0.2) is 24.3 Å². The Bertz CT molecular complexity index is 537. The number of phenols is 1. The van der Waals surface area contributed by atoms with Gasteiger partial charge in [0.15, 0.2) is 0 Å². The van der Waals surface area contributed by atoms with Gasteiger partial charge in [-0.1, -0.05) is 17.7 Å². The van der Waals surface area contributed by atoms with Gasteiger partial charge in [0.2, 0.25) is 0 Å². The predicted molar refractivity (Wildman–Crippen MR) is 65.4 cm³/mol. The molecule has 1 heterocycles. The van der Waals surface area contributed by atoms with Crippen molar-refractivity contribution in [2.45, 2.75) is 13.5 Å². The minimum absolute atomic E-state index is 0.176. The number of benzene rings is 1. The van der Waals surface area contributed by atoms with E-state index < -0.39 is 0 Å². The van der Waals surface area contributed by atoms with E-state index in [4.69, 9.17) is 16.3 Å². The van der Waals surface area contributed by atoms with Crippen molar-refractivity contribution in [3.8, 4) is 11.5 Å². The van der Waals surface area contributed by atoms with Crippen LogP contribution in [0, 0.1) is 6.92 Å². The number of aromatic nitrogens is 2. The van der Waals surface area contributed by atoms with Gasteiger partial charge in [0.1, 0.15) is 18.1 Å². The third-order valence-corrected chi connectivity index (χ3v) is 2.95. The first-order valence-electron chi connectivity index (χ1n) is 5.17. The molecule has 2 aromatic rings. The molecule has 0 aliphatic carbocycles. The quantitative estimate of drug-likeness (QED) is 0.914. The fourth-order valence-corrected chi connectivity index (χ4v) is 1.78. The van der Waals surface area contributed by atoms with Crippen LogP contribution in [0.4, 0.5) is 0 Å². The van der Waals surface area contributed by atoms with Gasteiger partial charge in [-0.25, -0.2) is 0 Å². The summed E-state index contributed by atoms with van der Waals surface area (Å²) in [6, 6.07) is 6.64. The highest BCUT2D eigenvalue weighted by molar-refractivity contribution is 6.31. The molecule has 0 atom stereocenters. The van der Waals surface area contributed by atoms with Gasteiger partial charge in [0, 0.05) is 13.1 Å². The maximum Gasteiger partial charge on any atom is 0.131 e. The lowest BCUT2D eigenvalue weighted by Gasteiger charge is -2.07. The Morgan fingerprint density at radius 2 is 2.24 bits per heavy atom. The van der Waals surface area contributed by atoms with Gasteiger partial charge < -0.3 is 9.84 Å². The van der Waals surface area contributed by atoms with Crippen molar-refractivity contribution < 1.29 is 9.84 Å². The second-order valence-corrected chi connectivity index (χ2v) is 4.13. The smallest absolute Gasteiger partial charge is 0.131 e. The van der Waals surface area contributed by atoms with E-state index in [1.165, 1.54) is 0 Å². The summed E-state index contributed by atoms with van der Waals surface area (Å²) in [6.07, 6.45) is 0. The Hall–Kier alpha value is -1.68. The molecular formula is C12H13ClN2O2. The molecule has 5 heteroatoms. The summed E-state index contributed by atoms with van der Waals surface area (Å²) < 4.78 is 7.24. The van der Waals surface area contributed by atoms with Gasteiger partial charge in [0.05, 0.1) is 16.4 Å². The molecule has 0 fully saturated rings. The molecule has 0 aliphatic rings. The SMILES string of the molecule is Cc1nn(C)c(COc2cccc(O)c2)c1Cl. The first-order valence-corrected chi connectivity index (χ1v) is 5.55. The van der Waals surface area contributed by atoms with Crippen molar-refractivity contribution in [1.29, 1.82) is 0 Å². The third-order valence-electron chi connectivity index (χ3n) is 2.45. The molecule has 17 heavy (non-hydrogen) atoms. The highest BCUT2D eigenvalue weighted by Crippen LogP contribution is 2.23. The second-order valence-electron chi connectivity index (χ2n) is 3.76. The Kier molecular flexibility index (Phi) is 3.24. The van der Waals surface area contributed by atoms with Crippen molar-refractivity contribution in [2.24, 2.45) is 7.05 Å². The fraction of sp³-hybridized carbons (Fsp3) is 0.250. The van der Waals surface area contributed by atoms with Crippen LogP contribution in [0.5, 0.6) is 11.5 Å². The van der Waals surface area contributed by atoms with Gasteiger partial charge in [-0.3, -0.25) is 4.68 Å². The minimum atomic E-state index is 0.176.